The molecule has 1 amide bonds. The lowest BCUT2D eigenvalue weighted by atomic mass is 10.1. The zero-order valence-corrected chi connectivity index (χ0v) is 26.3. The SMILES string of the molecule is Cc1ccc(-n2c(-c3ccccc3)nc(C(=O)NCC(O)CN3CCN(c4cccc(C)c4C)CC3)c2C)cc1.Cl.Cl. The molecule has 1 saturated heterocycles. The molecule has 2 N–H and O–H groups in total. The number of anilines is 1. The second-order valence-corrected chi connectivity index (χ2v) is 10.8. The van der Waals surface area contributed by atoms with Crippen LogP contribution in [-0.4, -0.2) is 70.8 Å². The predicted molar refractivity (Wildman–Crippen MR) is 176 cm³/mol. The first-order chi connectivity index (χ1) is 19.3. The minimum atomic E-state index is -0.663. The Bertz CT molecular complexity index is 1470. The number of carbonyl (C=O) groups is 1. The molecule has 2 heterocycles. The zero-order chi connectivity index (χ0) is 28.2. The van der Waals surface area contributed by atoms with E-state index < -0.39 is 6.10 Å². The molecule has 4 aromatic rings. The molecule has 1 aromatic heterocycles. The fraction of sp³-hybridized carbons (Fsp3) is 0.333. The summed E-state index contributed by atoms with van der Waals surface area (Å²) in [7, 11) is 0. The van der Waals surface area contributed by atoms with Gasteiger partial charge in [-0.2, -0.15) is 0 Å². The normalized spacial score (nSPS) is 14.1. The third-order valence-electron chi connectivity index (χ3n) is 7.90. The standard InChI is InChI=1S/C33H39N5O2.2ClH/c1-23-13-15-28(16-14-23)38-26(4)31(35-32(38)27-10-6-5-7-11-27)33(40)34-21-29(39)22-36-17-19-37(20-18-36)30-12-8-9-24(2)25(30)3;;/h5-16,29,39H,17-22H2,1-4H3,(H,34,40);2*1H. The Labute approximate surface area is 261 Å². The predicted octanol–water partition coefficient (Wildman–Crippen LogP) is 5.53. The third-order valence-corrected chi connectivity index (χ3v) is 7.90. The molecule has 9 heteroatoms. The van der Waals surface area contributed by atoms with Crippen LogP contribution < -0.4 is 10.2 Å². The summed E-state index contributed by atoms with van der Waals surface area (Å²) < 4.78 is 2.02. The van der Waals surface area contributed by atoms with E-state index in [2.05, 4.69) is 66.2 Å². The van der Waals surface area contributed by atoms with Gasteiger partial charge < -0.3 is 15.3 Å². The number of hydrogen-bond acceptors (Lipinski definition) is 5. The Hall–Kier alpha value is -3.36. The van der Waals surface area contributed by atoms with Crippen LogP contribution in [0.5, 0.6) is 0 Å². The van der Waals surface area contributed by atoms with Crippen molar-refractivity contribution in [3.8, 4) is 17.1 Å². The van der Waals surface area contributed by atoms with Crippen LogP contribution in [0.3, 0.4) is 0 Å². The van der Waals surface area contributed by atoms with Gasteiger partial charge >= 0.3 is 0 Å². The molecule has 1 atom stereocenters. The van der Waals surface area contributed by atoms with Crippen molar-refractivity contribution in [1.82, 2.24) is 19.8 Å². The third kappa shape index (κ3) is 7.34. The Morgan fingerprint density at radius 2 is 1.55 bits per heavy atom. The first-order valence-corrected chi connectivity index (χ1v) is 14.0. The van der Waals surface area contributed by atoms with Gasteiger partial charge in [-0.05, 0) is 57.0 Å². The molecule has 0 radical (unpaired) electrons. The summed E-state index contributed by atoms with van der Waals surface area (Å²) in [5.74, 6) is 0.439. The van der Waals surface area contributed by atoms with Gasteiger partial charge in [-0.3, -0.25) is 14.3 Å². The van der Waals surface area contributed by atoms with E-state index >= 15 is 0 Å². The second kappa shape index (κ2) is 14.7. The highest BCUT2D eigenvalue weighted by Gasteiger charge is 2.24. The summed E-state index contributed by atoms with van der Waals surface area (Å²) in [6.07, 6.45) is -0.663. The van der Waals surface area contributed by atoms with Crippen LogP contribution in [0, 0.1) is 27.7 Å². The number of piperazine rings is 1. The highest BCUT2D eigenvalue weighted by molar-refractivity contribution is 5.94. The number of aryl methyl sites for hydroxylation is 2. The molecular weight excluding hydrogens is 569 g/mol. The molecule has 0 saturated carbocycles. The molecule has 224 valence electrons. The number of nitrogens with zero attached hydrogens (tertiary/aromatic N) is 4. The monoisotopic (exact) mass is 609 g/mol. The van der Waals surface area contributed by atoms with Crippen molar-refractivity contribution in [1.29, 1.82) is 0 Å². The highest BCUT2D eigenvalue weighted by atomic mass is 35.5. The molecule has 1 unspecified atom stereocenters. The van der Waals surface area contributed by atoms with Gasteiger partial charge in [0.15, 0.2) is 0 Å². The van der Waals surface area contributed by atoms with E-state index in [1.54, 1.807) is 0 Å². The van der Waals surface area contributed by atoms with E-state index in [1.807, 2.05) is 54.0 Å². The summed E-state index contributed by atoms with van der Waals surface area (Å²) >= 11 is 0. The van der Waals surface area contributed by atoms with Crippen molar-refractivity contribution in [2.75, 3.05) is 44.2 Å². The van der Waals surface area contributed by atoms with E-state index in [-0.39, 0.29) is 37.3 Å². The molecule has 1 aliphatic heterocycles. The number of nitrogens with one attached hydrogen (secondary N) is 1. The minimum Gasteiger partial charge on any atom is -0.390 e. The van der Waals surface area contributed by atoms with E-state index in [9.17, 15) is 9.90 Å². The molecule has 0 bridgehead atoms. The summed E-state index contributed by atoms with van der Waals surface area (Å²) in [4.78, 5) is 22.7. The van der Waals surface area contributed by atoms with Crippen LogP contribution in [0.25, 0.3) is 17.1 Å². The van der Waals surface area contributed by atoms with Crippen LogP contribution >= 0.6 is 24.8 Å². The number of aliphatic hydroxyl groups excluding tert-OH is 1. The average Bonchev–Trinajstić information content (AvgIpc) is 3.31. The number of rotatable bonds is 8. The maximum absolute atomic E-state index is 13.3. The quantitative estimate of drug-likeness (QED) is 0.275. The number of β-amino-alcohol motifs (C(OH)–C–C–N with tert-alkyl or cyclic N) is 1. The molecular formula is C33H41Cl2N5O2. The van der Waals surface area contributed by atoms with Gasteiger partial charge in [0, 0.05) is 56.2 Å². The maximum Gasteiger partial charge on any atom is 0.271 e. The Morgan fingerprint density at radius 3 is 2.21 bits per heavy atom. The number of benzene rings is 3. The lowest BCUT2D eigenvalue weighted by molar-refractivity contribution is 0.0847. The highest BCUT2D eigenvalue weighted by Crippen LogP contribution is 2.27. The molecule has 0 spiro atoms. The van der Waals surface area contributed by atoms with Crippen molar-refractivity contribution in [3.63, 3.8) is 0 Å². The molecule has 7 nitrogen and oxygen atoms in total. The Kier molecular flexibility index (Phi) is 11.6. The molecule has 0 aliphatic carbocycles. The van der Waals surface area contributed by atoms with Gasteiger partial charge in [0.1, 0.15) is 11.5 Å². The van der Waals surface area contributed by atoms with Crippen molar-refractivity contribution in [3.05, 3.63) is 101 Å². The fourth-order valence-electron chi connectivity index (χ4n) is 5.41. The first-order valence-electron chi connectivity index (χ1n) is 14.0. The number of imidazole rings is 1. The maximum atomic E-state index is 13.3. The number of halogens is 2. The Balaban J connectivity index is 0.00000242. The van der Waals surface area contributed by atoms with Crippen LogP contribution in [0.1, 0.15) is 32.9 Å². The number of carbonyl (C=O) groups excluding carboxylic acids is 1. The van der Waals surface area contributed by atoms with Crippen LogP contribution in [0.4, 0.5) is 5.69 Å². The van der Waals surface area contributed by atoms with Crippen LogP contribution in [0.15, 0.2) is 72.8 Å². The lowest BCUT2D eigenvalue weighted by Gasteiger charge is -2.37. The second-order valence-electron chi connectivity index (χ2n) is 10.8. The van der Waals surface area contributed by atoms with Gasteiger partial charge in [-0.25, -0.2) is 4.98 Å². The van der Waals surface area contributed by atoms with Gasteiger partial charge in [-0.15, -0.1) is 24.8 Å². The van der Waals surface area contributed by atoms with Crippen LogP contribution in [-0.2, 0) is 0 Å². The topological polar surface area (TPSA) is 73.6 Å². The number of amides is 1. The number of aromatic nitrogens is 2. The molecule has 1 aliphatic rings. The fourth-order valence-corrected chi connectivity index (χ4v) is 5.41. The van der Waals surface area contributed by atoms with E-state index in [0.717, 1.165) is 48.9 Å². The van der Waals surface area contributed by atoms with Crippen molar-refractivity contribution >= 4 is 36.4 Å². The van der Waals surface area contributed by atoms with Crippen LogP contribution in [0.2, 0.25) is 0 Å². The van der Waals surface area contributed by atoms with E-state index in [1.165, 1.54) is 22.4 Å². The molecule has 3 aromatic carbocycles. The largest absolute Gasteiger partial charge is 0.390 e. The van der Waals surface area contributed by atoms with Crippen molar-refractivity contribution in [2.45, 2.75) is 33.8 Å². The summed E-state index contributed by atoms with van der Waals surface area (Å²) in [6, 6.07) is 24.6. The van der Waals surface area contributed by atoms with E-state index in [0.29, 0.717) is 12.2 Å². The van der Waals surface area contributed by atoms with Crippen molar-refractivity contribution < 1.29 is 9.90 Å². The molecule has 5 rings (SSSR count). The summed E-state index contributed by atoms with van der Waals surface area (Å²) in [6.45, 7) is 12.6. The van der Waals surface area contributed by atoms with E-state index in [4.69, 9.17) is 4.98 Å². The smallest absolute Gasteiger partial charge is 0.271 e. The van der Waals surface area contributed by atoms with Crippen molar-refractivity contribution in [2.24, 2.45) is 0 Å². The van der Waals surface area contributed by atoms with Gasteiger partial charge in [0.05, 0.1) is 11.8 Å². The van der Waals surface area contributed by atoms with Gasteiger partial charge in [-0.1, -0.05) is 60.2 Å². The zero-order valence-electron chi connectivity index (χ0n) is 24.7. The summed E-state index contributed by atoms with van der Waals surface area (Å²) in [5.41, 5.74) is 8.11. The Morgan fingerprint density at radius 1 is 0.881 bits per heavy atom. The average molecular weight is 611 g/mol. The number of aliphatic hydroxyl groups is 1. The lowest BCUT2D eigenvalue weighted by Crippen LogP contribution is -2.50. The number of hydrogen-bond donors (Lipinski definition) is 2. The van der Waals surface area contributed by atoms with Gasteiger partial charge in [0.25, 0.3) is 5.91 Å². The molecule has 1 fully saturated rings. The van der Waals surface area contributed by atoms with Gasteiger partial charge in [0.2, 0.25) is 0 Å². The molecule has 42 heavy (non-hydrogen) atoms. The summed E-state index contributed by atoms with van der Waals surface area (Å²) in [5, 5.41) is 13.7. The minimum absolute atomic E-state index is 0. The first kappa shape index (κ1) is 33.1.